The van der Waals surface area contributed by atoms with E-state index in [1.807, 2.05) is 54.6 Å². The Kier molecular flexibility index (Phi) is 4.87. The molecule has 0 saturated heterocycles. The summed E-state index contributed by atoms with van der Waals surface area (Å²) >= 11 is 7.51. The van der Waals surface area contributed by atoms with Crippen molar-refractivity contribution in [2.75, 3.05) is 0 Å². The zero-order valence-corrected chi connectivity index (χ0v) is 17.6. The van der Waals surface area contributed by atoms with Crippen molar-refractivity contribution < 1.29 is 4.42 Å². The molecule has 0 atom stereocenters. The van der Waals surface area contributed by atoms with Gasteiger partial charge in [-0.05, 0) is 40.6 Å². The summed E-state index contributed by atoms with van der Waals surface area (Å²) in [4.78, 5) is 17.2. The van der Waals surface area contributed by atoms with E-state index in [0.29, 0.717) is 32.4 Å². The lowest BCUT2D eigenvalue weighted by molar-refractivity contribution is 0.563. The summed E-state index contributed by atoms with van der Waals surface area (Å²) < 4.78 is 5.57. The molecule has 6 heteroatoms. The molecule has 0 spiro atoms. The van der Waals surface area contributed by atoms with Crippen molar-refractivity contribution in [2.45, 2.75) is 0 Å². The fourth-order valence-corrected chi connectivity index (χ4v) is 4.44. The van der Waals surface area contributed by atoms with Gasteiger partial charge in [0.05, 0.1) is 16.8 Å². The second-order valence-corrected chi connectivity index (χ2v) is 8.14. The van der Waals surface area contributed by atoms with E-state index in [0.717, 1.165) is 21.7 Å². The van der Waals surface area contributed by atoms with E-state index in [9.17, 15) is 10.1 Å². The summed E-state index contributed by atoms with van der Waals surface area (Å²) in [5, 5.41) is 15.4. The molecule has 0 aliphatic rings. The number of rotatable bonds is 3. The van der Waals surface area contributed by atoms with Crippen LogP contribution in [0.1, 0.15) is 10.6 Å². The number of allylic oxidation sites excluding steroid dienone is 1. The number of nitriles is 1. The lowest BCUT2D eigenvalue weighted by atomic mass is 10.0. The van der Waals surface area contributed by atoms with Gasteiger partial charge < -0.3 is 4.42 Å². The first-order chi connectivity index (χ1) is 15.1. The minimum atomic E-state index is -0.465. The fourth-order valence-electron chi connectivity index (χ4n) is 3.46. The highest BCUT2D eigenvalue weighted by Gasteiger charge is 2.15. The zero-order valence-electron chi connectivity index (χ0n) is 16.0. The average molecular weight is 441 g/mol. The molecule has 0 aliphatic heterocycles. The SMILES string of the molecule is N#CC(=Cc1ccccc1Cl)c1nc(-c2cc3c(ccc4ccccc43)oc2=O)cs1. The second kappa shape index (κ2) is 7.84. The Morgan fingerprint density at radius 3 is 2.71 bits per heavy atom. The molecule has 31 heavy (non-hydrogen) atoms. The Labute approximate surface area is 186 Å². The smallest absolute Gasteiger partial charge is 0.345 e. The van der Waals surface area contributed by atoms with E-state index in [4.69, 9.17) is 16.0 Å². The van der Waals surface area contributed by atoms with Crippen molar-refractivity contribution in [2.24, 2.45) is 0 Å². The van der Waals surface area contributed by atoms with Crippen LogP contribution in [0.5, 0.6) is 0 Å². The van der Waals surface area contributed by atoms with Crippen molar-refractivity contribution in [3.05, 3.63) is 98.1 Å². The molecule has 5 rings (SSSR count). The van der Waals surface area contributed by atoms with Crippen LogP contribution in [0.2, 0.25) is 5.02 Å². The molecular weight excluding hydrogens is 428 g/mol. The van der Waals surface area contributed by atoms with Gasteiger partial charge in [-0.2, -0.15) is 5.26 Å². The predicted molar refractivity (Wildman–Crippen MR) is 126 cm³/mol. The van der Waals surface area contributed by atoms with Crippen LogP contribution >= 0.6 is 22.9 Å². The minimum absolute atomic E-state index is 0.362. The van der Waals surface area contributed by atoms with Gasteiger partial charge >= 0.3 is 5.63 Å². The molecule has 2 heterocycles. The Morgan fingerprint density at radius 2 is 1.87 bits per heavy atom. The van der Waals surface area contributed by atoms with Crippen molar-refractivity contribution >= 4 is 56.3 Å². The number of fused-ring (bicyclic) bond motifs is 3. The predicted octanol–water partition coefficient (Wildman–Crippen LogP) is 6.79. The number of benzene rings is 3. The molecule has 0 fully saturated rings. The molecule has 5 aromatic rings. The normalized spacial score (nSPS) is 11.7. The van der Waals surface area contributed by atoms with Gasteiger partial charge in [-0.25, -0.2) is 9.78 Å². The number of hydrogen-bond acceptors (Lipinski definition) is 5. The van der Waals surface area contributed by atoms with Gasteiger partial charge in [0.15, 0.2) is 0 Å². The summed E-state index contributed by atoms with van der Waals surface area (Å²) in [6.07, 6.45) is 1.70. The van der Waals surface area contributed by atoms with Crippen LogP contribution in [0.3, 0.4) is 0 Å². The molecule has 0 radical (unpaired) electrons. The Morgan fingerprint density at radius 1 is 1.06 bits per heavy atom. The van der Waals surface area contributed by atoms with Gasteiger partial charge in [-0.3, -0.25) is 0 Å². The van der Waals surface area contributed by atoms with Crippen LogP contribution < -0.4 is 5.63 Å². The highest BCUT2D eigenvalue weighted by molar-refractivity contribution is 7.11. The van der Waals surface area contributed by atoms with Gasteiger partial charge in [0, 0.05) is 15.8 Å². The Bertz CT molecular complexity index is 1590. The van der Waals surface area contributed by atoms with Crippen molar-refractivity contribution in [3.63, 3.8) is 0 Å². The molecule has 0 aliphatic carbocycles. The third-order valence-corrected chi connectivity index (χ3v) is 6.20. The number of aromatic nitrogens is 1. The Balaban J connectivity index is 1.63. The molecule has 0 saturated carbocycles. The standard InChI is InChI=1S/C25H13ClN2O2S/c26-21-8-4-2-6-16(21)11-17(13-27)24-28-22(14-31-24)20-12-19-18-7-3-1-5-15(18)9-10-23(19)30-25(20)29/h1-12,14H. The zero-order chi connectivity index (χ0) is 21.4. The number of hydrogen-bond donors (Lipinski definition) is 0. The van der Waals surface area contributed by atoms with Crippen LogP contribution in [0.4, 0.5) is 0 Å². The summed E-state index contributed by atoms with van der Waals surface area (Å²) in [6.45, 7) is 0. The fraction of sp³-hybridized carbons (Fsp3) is 0. The average Bonchev–Trinajstić information content (AvgIpc) is 3.27. The summed E-state index contributed by atoms with van der Waals surface area (Å²) in [6, 6.07) is 22.9. The molecule has 0 bridgehead atoms. The third-order valence-electron chi connectivity index (χ3n) is 4.98. The molecule has 148 valence electrons. The maximum absolute atomic E-state index is 12.7. The molecule has 2 aromatic heterocycles. The first-order valence-electron chi connectivity index (χ1n) is 9.42. The summed E-state index contributed by atoms with van der Waals surface area (Å²) in [7, 11) is 0. The van der Waals surface area contributed by atoms with Crippen LogP contribution in [0.25, 0.3) is 44.6 Å². The van der Waals surface area contributed by atoms with Gasteiger partial charge in [0.1, 0.15) is 16.7 Å². The summed E-state index contributed by atoms with van der Waals surface area (Å²) in [5.74, 6) is 0. The topological polar surface area (TPSA) is 66.9 Å². The maximum Gasteiger partial charge on any atom is 0.345 e. The molecule has 3 aromatic carbocycles. The van der Waals surface area contributed by atoms with Crippen LogP contribution in [-0.2, 0) is 0 Å². The minimum Gasteiger partial charge on any atom is -0.422 e. The number of thiazole rings is 1. The van der Waals surface area contributed by atoms with Gasteiger partial charge in [-0.15, -0.1) is 11.3 Å². The molecule has 0 amide bonds. The number of nitrogens with zero attached hydrogens (tertiary/aromatic N) is 2. The molecular formula is C25H13ClN2O2S. The summed E-state index contributed by atoms with van der Waals surface area (Å²) in [5.41, 5.74) is 2.01. The molecule has 0 N–H and O–H groups in total. The van der Waals surface area contributed by atoms with E-state index < -0.39 is 5.63 Å². The van der Waals surface area contributed by atoms with E-state index in [-0.39, 0.29) is 0 Å². The van der Waals surface area contributed by atoms with Crippen molar-refractivity contribution in [3.8, 4) is 17.3 Å². The van der Waals surface area contributed by atoms with Crippen molar-refractivity contribution in [1.82, 2.24) is 4.98 Å². The van der Waals surface area contributed by atoms with Crippen LogP contribution in [-0.4, -0.2) is 4.98 Å². The van der Waals surface area contributed by atoms with Crippen molar-refractivity contribution in [1.29, 1.82) is 5.26 Å². The van der Waals surface area contributed by atoms with E-state index in [1.54, 1.807) is 23.6 Å². The number of halogens is 1. The highest BCUT2D eigenvalue weighted by atomic mass is 35.5. The monoisotopic (exact) mass is 440 g/mol. The lowest BCUT2D eigenvalue weighted by Crippen LogP contribution is -2.03. The van der Waals surface area contributed by atoms with Gasteiger partial charge in [-0.1, -0.05) is 60.1 Å². The van der Waals surface area contributed by atoms with Gasteiger partial charge in [0.25, 0.3) is 0 Å². The van der Waals surface area contributed by atoms with Crippen LogP contribution in [0, 0.1) is 11.3 Å². The Hall–Kier alpha value is -3.72. The third kappa shape index (κ3) is 3.53. The first kappa shape index (κ1) is 19.3. The largest absolute Gasteiger partial charge is 0.422 e. The van der Waals surface area contributed by atoms with E-state index >= 15 is 0 Å². The first-order valence-corrected chi connectivity index (χ1v) is 10.7. The molecule has 0 unspecified atom stereocenters. The second-order valence-electron chi connectivity index (χ2n) is 6.88. The van der Waals surface area contributed by atoms with Gasteiger partial charge in [0.2, 0.25) is 0 Å². The highest BCUT2D eigenvalue weighted by Crippen LogP contribution is 2.31. The van der Waals surface area contributed by atoms with E-state index in [1.165, 1.54) is 11.3 Å². The van der Waals surface area contributed by atoms with E-state index in [2.05, 4.69) is 11.1 Å². The van der Waals surface area contributed by atoms with Crippen LogP contribution in [0.15, 0.2) is 81.3 Å². The lowest BCUT2D eigenvalue weighted by Gasteiger charge is -2.04. The molecule has 4 nitrogen and oxygen atoms in total. The quantitative estimate of drug-likeness (QED) is 0.176. The maximum atomic E-state index is 12.7.